The third-order valence-corrected chi connectivity index (χ3v) is 3.86. The van der Waals surface area contributed by atoms with Gasteiger partial charge in [-0.3, -0.25) is 9.59 Å². The molecule has 0 aromatic carbocycles. The van der Waals surface area contributed by atoms with E-state index in [1.54, 1.807) is 4.90 Å². The zero-order chi connectivity index (χ0) is 16.0. The molecule has 0 bridgehead atoms. The van der Waals surface area contributed by atoms with Gasteiger partial charge in [-0.15, -0.1) is 0 Å². The van der Waals surface area contributed by atoms with Gasteiger partial charge in [-0.1, -0.05) is 34.6 Å². The molecule has 1 aliphatic heterocycles. The van der Waals surface area contributed by atoms with Crippen molar-refractivity contribution >= 4 is 11.8 Å². The van der Waals surface area contributed by atoms with E-state index < -0.39 is 0 Å². The van der Waals surface area contributed by atoms with E-state index in [1.807, 2.05) is 20.8 Å². The number of nitrogens with one attached hydrogen (secondary N) is 1. The Bertz CT molecular complexity index is 355. The standard InChI is InChI=1S/C16H30N2O3/c1-6-13-16(20)18(8-10-21-9-7-11(2)3)14(12(4)5)15(19)17-13/h11-14H,6-10H2,1-5H3,(H,17,19). The molecular formula is C16H30N2O3. The highest BCUT2D eigenvalue weighted by Gasteiger charge is 2.40. The minimum absolute atomic E-state index is 0.0169. The van der Waals surface area contributed by atoms with Crippen LogP contribution < -0.4 is 5.32 Å². The molecule has 2 amide bonds. The lowest BCUT2D eigenvalue weighted by Gasteiger charge is -2.40. The second-order valence-corrected chi connectivity index (χ2v) is 6.48. The summed E-state index contributed by atoms with van der Waals surface area (Å²) in [5.74, 6) is 0.685. The highest BCUT2D eigenvalue weighted by Crippen LogP contribution is 2.18. The van der Waals surface area contributed by atoms with Crippen molar-refractivity contribution in [2.24, 2.45) is 11.8 Å². The third-order valence-electron chi connectivity index (χ3n) is 3.86. The number of nitrogens with zero attached hydrogens (tertiary/aromatic N) is 1. The number of carbonyl (C=O) groups excluding carboxylic acids is 2. The molecule has 0 spiro atoms. The Hall–Kier alpha value is -1.10. The Morgan fingerprint density at radius 3 is 2.38 bits per heavy atom. The summed E-state index contributed by atoms with van der Waals surface area (Å²) < 4.78 is 5.60. The molecule has 0 aromatic rings. The monoisotopic (exact) mass is 298 g/mol. The Kier molecular flexibility index (Phi) is 7.15. The van der Waals surface area contributed by atoms with E-state index in [9.17, 15) is 9.59 Å². The number of ether oxygens (including phenoxy) is 1. The summed E-state index contributed by atoms with van der Waals surface area (Å²) >= 11 is 0. The van der Waals surface area contributed by atoms with Gasteiger partial charge in [0, 0.05) is 13.2 Å². The van der Waals surface area contributed by atoms with Crippen molar-refractivity contribution in [3.8, 4) is 0 Å². The predicted molar refractivity (Wildman–Crippen MR) is 82.8 cm³/mol. The molecule has 0 radical (unpaired) electrons. The Morgan fingerprint density at radius 2 is 1.86 bits per heavy atom. The van der Waals surface area contributed by atoms with Crippen molar-refractivity contribution in [1.82, 2.24) is 10.2 Å². The molecule has 2 atom stereocenters. The van der Waals surface area contributed by atoms with Crippen LogP contribution >= 0.6 is 0 Å². The summed E-state index contributed by atoms with van der Waals surface area (Å²) in [6.07, 6.45) is 1.64. The average Bonchev–Trinajstić information content (AvgIpc) is 2.40. The van der Waals surface area contributed by atoms with E-state index in [-0.39, 0.29) is 29.8 Å². The second-order valence-electron chi connectivity index (χ2n) is 6.48. The number of carbonyl (C=O) groups is 2. The fourth-order valence-electron chi connectivity index (χ4n) is 2.57. The van der Waals surface area contributed by atoms with Crippen LogP contribution in [0, 0.1) is 11.8 Å². The van der Waals surface area contributed by atoms with Crippen LogP contribution in [0.15, 0.2) is 0 Å². The van der Waals surface area contributed by atoms with Crippen LogP contribution in [0.3, 0.4) is 0 Å². The number of hydrogen-bond donors (Lipinski definition) is 1. The van der Waals surface area contributed by atoms with Gasteiger partial charge in [0.25, 0.3) is 0 Å². The van der Waals surface area contributed by atoms with Gasteiger partial charge in [0.1, 0.15) is 12.1 Å². The molecule has 21 heavy (non-hydrogen) atoms. The number of rotatable bonds is 8. The van der Waals surface area contributed by atoms with E-state index in [0.717, 1.165) is 6.42 Å². The minimum Gasteiger partial charge on any atom is -0.380 e. The van der Waals surface area contributed by atoms with Crippen LogP contribution in [0.5, 0.6) is 0 Å². The first-order valence-electron chi connectivity index (χ1n) is 8.07. The van der Waals surface area contributed by atoms with Gasteiger partial charge in [-0.05, 0) is 24.7 Å². The summed E-state index contributed by atoms with van der Waals surface area (Å²) in [5, 5.41) is 2.82. The smallest absolute Gasteiger partial charge is 0.245 e. The Morgan fingerprint density at radius 1 is 1.19 bits per heavy atom. The first-order valence-corrected chi connectivity index (χ1v) is 8.07. The molecule has 5 nitrogen and oxygen atoms in total. The largest absolute Gasteiger partial charge is 0.380 e. The maximum absolute atomic E-state index is 12.4. The van der Waals surface area contributed by atoms with E-state index in [4.69, 9.17) is 4.74 Å². The molecule has 122 valence electrons. The van der Waals surface area contributed by atoms with Crippen LogP contribution in [-0.4, -0.2) is 48.6 Å². The Labute approximate surface area is 128 Å². The van der Waals surface area contributed by atoms with Gasteiger partial charge in [-0.2, -0.15) is 0 Å². The van der Waals surface area contributed by atoms with Crippen LogP contribution in [0.4, 0.5) is 0 Å². The molecule has 2 unspecified atom stereocenters. The maximum atomic E-state index is 12.4. The van der Waals surface area contributed by atoms with Gasteiger partial charge < -0.3 is 15.0 Å². The van der Waals surface area contributed by atoms with Gasteiger partial charge in [0.2, 0.25) is 11.8 Å². The fraction of sp³-hybridized carbons (Fsp3) is 0.875. The van der Waals surface area contributed by atoms with Crippen molar-refractivity contribution in [1.29, 1.82) is 0 Å². The van der Waals surface area contributed by atoms with Crippen LogP contribution in [0.2, 0.25) is 0 Å². The van der Waals surface area contributed by atoms with Gasteiger partial charge in [-0.25, -0.2) is 0 Å². The maximum Gasteiger partial charge on any atom is 0.245 e. The van der Waals surface area contributed by atoms with E-state index >= 15 is 0 Å². The topological polar surface area (TPSA) is 58.6 Å². The molecule has 0 saturated carbocycles. The van der Waals surface area contributed by atoms with E-state index in [2.05, 4.69) is 19.2 Å². The fourth-order valence-corrected chi connectivity index (χ4v) is 2.57. The van der Waals surface area contributed by atoms with Crippen molar-refractivity contribution in [2.45, 2.75) is 59.5 Å². The summed E-state index contributed by atoms with van der Waals surface area (Å²) in [6.45, 7) is 11.8. The zero-order valence-corrected chi connectivity index (χ0v) is 14.0. The van der Waals surface area contributed by atoms with Crippen molar-refractivity contribution in [3.05, 3.63) is 0 Å². The molecule has 5 heteroatoms. The first-order chi connectivity index (χ1) is 9.88. The van der Waals surface area contributed by atoms with Crippen LogP contribution in [0.1, 0.15) is 47.5 Å². The average molecular weight is 298 g/mol. The van der Waals surface area contributed by atoms with Crippen LogP contribution in [-0.2, 0) is 14.3 Å². The molecule has 1 N–H and O–H groups in total. The molecule has 1 fully saturated rings. The minimum atomic E-state index is -0.386. The molecule has 1 aliphatic rings. The van der Waals surface area contributed by atoms with Gasteiger partial charge in [0.05, 0.1) is 6.61 Å². The van der Waals surface area contributed by atoms with Crippen molar-refractivity contribution in [2.75, 3.05) is 19.8 Å². The highest BCUT2D eigenvalue weighted by atomic mass is 16.5. The predicted octanol–water partition coefficient (Wildman–Crippen LogP) is 1.81. The van der Waals surface area contributed by atoms with Crippen LogP contribution in [0.25, 0.3) is 0 Å². The SMILES string of the molecule is CCC1NC(=O)C(C(C)C)N(CCOCCC(C)C)C1=O. The molecular weight excluding hydrogens is 268 g/mol. The lowest BCUT2D eigenvalue weighted by Crippen LogP contribution is -2.65. The summed E-state index contributed by atoms with van der Waals surface area (Å²) in [4.78, 5) is 26.3. The normalized spacial score (nSPS) is 23.1. The second kappa shape index (κ2) is 8.37. The van der Waals surface area contributed by atoms with Crippen molar-refractivity contribution < 1.29 is 14.3 Å². The molecule has 0 aromatic heterocycles. The van der Waals surface area contributed by atoms with Gasteiger partial charge >= 0.3 is 0 Å². The number of piperazine rings is 1. The first kappa shape index (κ1) is 18.0. The van der Waals surface area contributed by atoms with Gasteiger partial charge in [0.15, 0.2) is 0 Å². The third kappa shape index (κ3) is 4.99. The molecule has 1 heterocycles. The lowest BCUT2D eigenvalue weighted by molar-refractivity contribution is -0.152. The summed E-state index contributed by atoms with van der Waals surface area (Å²) in [5.41, 5.74) is 0. The lowest BCUT2D eigenvalue weighted by atomic mass is 9.96. The summed E-state index contributed by atoms with van der Waals surface area (Å²) in [7, 11) is 0. The summed E-state index contributed by atoms with van der Waals surface area (Å²) in [6, 6.07) is -0.767. The van der Waals surface area contributed by atoms with Crippen molar-refractivity contribution in [3.63, 3.8) is 0 Å². The number of hydrogen-bond acceptors (Lipinski definition) is 3. The zero-order valence-electron chi connectivity index (χ0n) is 14.0. The van der Waals surface area contributed by atoms with E-state index in [1.165, 1.54) is 0 Å². The highest BCUT2D eigenvalue weighted by molar-refractivity contribution is 5.97. The quantitative estimate of drug-likeness (QED) is 0.695. The molecule has 0 aliphatic carbocycles. The molecule has 1 rings (SSSR count). The number of amides is 2. The molecule has 1 saturated heterocycles. The van der Waals surface area contributed by atoms with E-state index in [0.29, 0.717) is 32.1 Å². The Balaban J connectivity index is 2.59.